The van der Waals surface area contributed by atoms with Crippen LogP contribution in [-0.2, 0) is 60.6 Å². The lowest BCUT2D eigenvalue weighted by Gasteiger charge is -2.50. The number of benzene rings is 1. The minimum Gasteiger partial charge on any atom is -0.459 e. The molecule has 432 valence electrons. The number of aromatic nitrogens is 3. The molecule has 1 aromatic heterocycles. The molecule has 0 bridgehead atoms. The van der Waals surface area contributed by atoms with Gasteiger partial charge in [-0.2, -0.15) is 0 Å². The fourth-order valence-electron chi connectivity index (χ4n) is 11.7. The molecule has 18 atom stereocenters. The van der Waals surface area contributed by atoms with Gasteiger partial charge < -0.3 is 53.6 Å². The van der Waals surface area contributed by atoms with Crippen molar-refractivity contribution in [3.8, 4) is 11.3 Å². The van der Waals surface area contributed by atoms with Gasteiger partial charge in [-0.25, -0.2) is 5.48 Å². The van der Waals surface area contributed by atoms with E-state index in [1.54, 1.807) is 53.9 Å². The highest BCUT2D eigenvalue weighted by Crippen LogP contribution is 2.42. The topological polar surface area (TPSA) is 263 Å². The molecule has 6 N–H and O–H groups in total. The van der Waals surface area contributed by atoms with E-state index in [2.05, 4.69) is 15.2 Å². The van der Waals surface area contributed by atoms with E-state index in [9.17, 15) is 34.8 Å². The third-order valence-electron chi connectivity index (χ3n) is 16.8. The van der Waals surface area contributed by atoms with Gasteiger partial charge in [0.1, 0.15) is 35.4 Å². The number of nitrogens with zero attached hydrogens (tertiary/aromatic N) is 4. The molecule has 0 radical (unpaired) electrons. The number of ketones is 1. The maximum absolute atomic E-state index is 14.5. The molecule has 3 saturated heterocycles. The number of carbonyl (C=O) groups is 3. The molecular formula is C56H93N5O15. The summed E-state index contributed by atoms with van der Waals surface area (Å²) in [6, 6.07) is 7.67. The lowest BCUT2D eigenvalue weighted by Crippen LogP contribution is -2.61. The molecule has 0 aliphatic carbocycles. The number of aryl methyl sites for hydroxylation is 1. The fourth-order valence-corrected chi connectivity index (χ4v) is 11.7. The van der Waals surface area contributed by atoms with Crippen molar-refractivity contribution in [1.29, 1.82) is 0 Å². The van der Waals surface area contributed by atoms with Gasteiger partial charge in [-0.15, -0.1) is 5.10 Å². The zero-order valence-electron chi connectivity index (χ0n) is 47.6. The summed E-state index contributed by atoms with van der Waals surface area (Å²) >= 11 is 0. The molecule has 76 heavy (non-hydrogen) atoms. The summed E-state index contributed by atoms with van der Waals surface area (Å²) in [6.45, 7) is 18.3. The number of unbranched alkanes of at least 4 members (excludes halogenated alkanes) is 6. The summed E-state index contributed by atoms with van der Waals surface area (Å²) in [5.41, 5.74) is -0.0259. The van der Waals surface area contributed by atoms with Crippen LogP contribution in [0.2, 0.25) is 0 Å². The first kappa shape index (κ1) is 63.3. The molecule has 20 heteroatoms. The highest BCUT2D eigenvalue weighted by atomic mass is 16.7. The van der Waals surface area contributed by atoms with Gasteiger partial charge in [0.15, 0.2) is 12.6 Å². The van der Waals surface area contributed by atoms with Gasteiger partial charge in [0.05, 0.1) is 53.8 Å². The van der Waals surface area contributed by atoms with Crippen LogP contribution in [-0.4, -0.2) is 169 Å². The monoisotopic (exact) mass is 1080 g/mol. The average molecular weight is 1080 g/mol. The number of Topliss-reactive ketones (excluding diaryl/α,β-unsaturated/α-hetero) is 1. The van der Waals surface area contributed by atoms with Crippen molar-refractivity contribution >= 4 is 17.7 Å². The van der Waals surface area contributed by atoms with Crippen LogP contribution in [0.1, 0.15) is 152 Å². The number of rotatable bonds is 21. The molecule has 1 amide bonds. The summed E-state index contributed by atoms with van der Waals surface area (Å²) in [6.07, 6.45) is -0.270. The van der Waals surface area contributed by atoms with Crippen LogP contribution in [0.4, 0.5) is 0 Å². The van der Waals surface area contributed by atoms with Crippen LogP contribution < -0.4 is 5.48 Å². The Labute approximate surface area is 450 Å². The number of likely N-dealkylation sites (N-methyl/N-ethyl adjacent to an activating group) is 1. The van der Waals surface area contributed by atoms with Gasteiger partial charge in [0.2, 0.25) is 5.91 Å². The van der Waals surface area contributed by atoms with Gasteiger partial charge in [-0.3, -0.25) is 29.2 Å². The second-order valence-corrected chi connectivity index (χ2v) is 22.9. The van der Waals surface area contributed by atoms with Gasteiger partial charge in [-0.05, 0) is 86.3 Å². The zero-order valence-corrected chi connectivity index (χ0v) is 47.6. The van der Waals surface area contributed by atoms with Crippen LogP contribution in [0.25, 0.3) is 11.3 Å². The van der Waals surface area contributed by atoms with E-state index < -0.39 is 108 Å². The van der Waals surface area contributed by atoms with Crippen LogP contribution in [0.3, 0.4) is 0 Å². The first-order valence-electron chi connectivity index (χ1n) is 27.7. The predicted molar refractivity (Wildman–Crippen MR) is 281 cm³/mol. The molecule has 2 aromatic rings. The van der Waals surface area contributed by atoms with Crippen molar-refractivity contribution in [1.82, 2.24) is 25.4 Å². The summed E-state index contributed by atoms with van der Waals surface area (Å²) in [5, 5.41) is 64.4. The quantitative estimate of drug-likeness (QED) is 0.0368. The molecule has 0 unspecified atom stereocenters. The third kappa shape index (κ3) is 15.6. The van der Waals surface area contributed by atoms with Crippen LogP contribution >= 0.6 is 0 Å². The smallest absolute Gasteiger partial charge is 0.311 e. The van der Waals surface area contributed by atoms with Crippen molar-refractivity contribution in [2.45, 2.75) is 244 Å². The van der Waals surface area contributed by atoms with Crippen molar-refractivity contribution in [3.63, 3.8) is 0 Å². The lowest BCUT2D eigenvalue weighted by molar-refractivity contribution is -0.319. The number of nitrogens with one attached hydrogen (secondary N) is 1. The Balaban J connectivity index is 1.36. The molecule has 4 heterocycles. The van der Waals surface area contributed by atoms with Crippen molar-refractivity contribution in [2.75, 3.05) is 21.3 Å². The number of methoxy groups -OCH3 is 2. The van der Waals surface area contributed by atoms with E-state index >= 15 is 0 Å². The predicted octanol–water partition coefficient (Wildman–Crippen LogP) is 5.89. The SMILES string of the molecule is CC[C@H]1OC(=O)[C@H](C)[C@@H](O[C@H]2C[C@@](C)(OC)[C@@H](O)[C@H](C)O2)[C@H](C)[C@@H](O[C@@H]2O[C@H](C)C[C@H](N(C)Cc3ccc(-c4cn(CCCCCCCCCC(=O)NO)nn4)cc3)[C@H]2O)[C@](C)(OC)C[C@@H](C)C(=O)[C@H](C)[C@@H](O)[C@]1(C)O. The Morgan fingerprint density at radius 3 is 2.11 bits per heavy atom. The summed E-state index contributed by atoms with van der Waals surface area (Å²) in [5.74, 6) is -5.08. The Morgan fingerprint density at radius 2 is 1.49 bits per heavy atom. The zero-order chi connectivity index (χ0) is 56.3. The minimum atomic E-state index is -2.00. The number of hydroxylamine groups is 1. The molecule has 1 aromatic carbocycles. The Bertz CT molecular complexity index is 2130. The number of aliphatic hydroxyl groups is 4. The van der Waals surface area contributed by atoms with Crippen LogP contribution in [0, 0.1) is 23.7 Å². The molecular weight excluding hydrogens is 983 g/mol. The molecule has 0 saturated carbocycles. The maximum Gasteiger partial charge on any atom is 0.311 e. The largest absolute Gasteiger partial charge is 0.459 e. The normalized spacial score (nSPS) is 37.2. The van der Waals surface area contributed by atoms with E-state index in [-0.39, 0.29) is 37.1 Å². The Hall–Kier alpha value is -3.51. The van der Waals surface area contributed by atoms with E-state index in [4.69, 9.17) is 38.4 Å². The van der Waals surface area contributed by atoms with Crippen LogP contribution in [0.15, 0.2) is 30.5 Å². The number of hydrogen-bond acceptors (Lipinski definition) is 18. The van der Waals surface area contributed by atoms with Crippen LogP contribution in [0.5, 0.6) is 0 Å². The van der Waals surface area contributed by atoms with Gasteiger partial charge in [-0.1, -0.05) is 89.3 Å². The van der Waals surface area contributed by atoms with Crippen molar-refractivity contribution in [3.05, 3.63) is 36.0 Å². The second-order valence-electron chi connectivity index (χ2n) is 22.9. The molecule has 0 spiro atoms. The van der Waals surface area contributed by atoms with Crippen molar-refractivity contribution in [2.24, 2.45) is 23.7 Å². The molecule has 20 nitrogen and oxygen atoms in total. The standard InChI is InChI=1S/C56H93N5O15/c1-14-43-56(10,68)49(65)35(4)46(63)33(2)29-55(9,71-13)51(36(5)48(37(6)52(67)74-43)75-45-30-54(8,70-12)50(66)38(7)73-45)76-53-47(64)42(28-34(3)72-53)60(11)31-39-23-25-40(26-24-39)41-32-61(59-57-41)27-21-19-17-15-16-18-20-22-44(62)58-69/h23-26,32-38,42-43,45,47-51,53,64-66,68-69H,14-22,27-31H2,1-13H3,(H,58,62)/t33-,34-,35+,36+,37-,38+,42+,43-,45+,47-,48+,49-,50+,51-,53+,54-,55-,56-/m1/s1. The van der Waals surface area contributed by atoms with Gasteiger partial charge in [0, 0.05) is 69.5 Å². The van der Waals surface area contributed by atoms with E-state index in [1.165, 1.54) is 21.1 Å². The molecule has 3 aliphatic rings. The first-order chi connectivity index (χ1) is 35.8. The number of esters is 1. The molecule has 3 aliphatic heterocycles. The molecule has 5 rings (SSSR count). The number of cyclic esters (lactones) is 1. The lowest BCUT2D eigenvalue weighted by atomic mass is 9.74. The Kier molecular flexibility index (Phi) is 23.4. The minimum absolute atomic E-state index is 0.0666. The fraction of sp³-hybridized carbons (Fsp3) is 0.804. The van der Waals surface area contributed by atoms with Gasteiger partial charge in [0.25, 0.3) is 0 Å². The number of amides is 1. The summed E-state index contributed by atoms with van der Waals surface area (Å²) in [4.78, 5) is 42.0. The maximum atomic E-state index is 14.5. The summed E-state index contributed by atoms with van der Waals surface area (Å²) < 4.78 is 46.8. The Morgan fingerprint density at radius 1 is 0.855 bits per heavy atom. The first-order valence-corrected chi connectivity index (χ1v) is 27.7. The van der Waals surface area contributed by atoms with E-state index in [0.29, 0.717) is 19.4 Å². The number of ether oxygens (including phenoxy) is 7. The number of carbonyl (C=O) groups excluding carboxylic acids is 3. The summed E-state index contributed by atoms with van der Waals surface area (Å²) in [7, 11) is 4.96. The highest BCUT2D eigenvalue weighted by Gasteiger charge is 2.54. The molecule has 3 fully saturated rings. The average Bonchev–Trinajstić information content (AvgIpc) is 3.88. The number of aliphatic hydroxyl groups excluding tert-OH is 3. The highest BCUT2D eigenvalue weighted by molar-refractivity contribution is 5.83. The van der Waals surface area contributed by atoms with Crippen molar-refractivity contribution < 1.29 is 73.2 Å². The third-order valence-corrected chi connectivity index (χ3v) is 16.8. The van der Waals surface area contributed by atoms with Gasteiger partial charge >= 0.3 is 5.97 Å². The number of hydrogen-bond donors (Lipinski definition) is 6. The van der Waals surface area contributed by atoms with E-state index in [1.807, 2.05) is 56.0 Å². The second kappa shape index (κ2) is 28.1. The van der Waals surface area contributed by atoms with E-state index in [0.717, 1.165) is 68.3 Å².